The number of allylic oxidation sites excluding steroid dienone is 1. The number of rotatable bonds is 1. The van der Waals surface area contributed by atoms with Crippen LogP contribution < -0.4 is 0 Å². The third-order valence-corrected chi connectivity index (χ3v) is 1.24. The Morgan fingerprint density at radius 2 is 2.22 bits per heavy atom. The summed E-state index contributed by atoms with van der Waals surface area (Å²) in [5, 5.41) is 0. The van der Waals surface area contributed by atoms with Crippen LogP contribution in [0.5, 0.6) is 0 Å². The molecule has 0 saturated heterocycles. The molecule has 1 nitrogen and oxygen atoms in total. The Morgan fingerprint density at radius 3 is 2.67 bits per heavy atom. The Bertz CT molecular complexity index is 208. The van der Waals surface area contributed by atoms with Gasteiger partial charge in [-0.05, 0) is 19.4 Å². The molecular weight excluding hydrogens is 112 g/mol. The summed E-state index contributed by atoms with van der Waals surface area (Å²) in [7, 11) is 0. The molecule has 9 heavy (non-hydrogen) atoms. The number of furan rings is 1. The highest BCUT2D eigenvalue weighted by atomic mass is 16.3. The zero-order valence-corrected chi connectivity index (χ0v) is 5.72. The van der Waals surface area contributed by atoms with Gasteiger partial charge in [0.2, 0.25) is 0 Å². The van der Waals surface area contributed by atoms with Gasteiger partial charge < -0.3 is 4.42 Å². The summed E-state index contributed by atoms with van der Waals surface area (Å²) < 4.78 is 4.95. The maximum Gasteiger partial charge on any atom is 0.0977 e. The lowest BCUT2D eigenvalue weighted by molar-refractivity contribution is 0.565. The zero-order valence-electron chi connectivity index (χ0n) is 5.72. The SMILES string of the molecule is CC=Cc1cocc1C. The van der Waals surface area contributed by atoms with Crippen molar-refractivity contribution in [2.24, 2.45) is 0 Å². The number of hydrogen-bond donors (Lipinski definition) is 0. The molecule has 0 aliphatic heterocycles. The summed E-state index contributed by atoms with van der Waals surface area (Å²) in [5.41, 5.74) is 2.35. The first-order valence-corrected chi connectivity index (χ1v) is 3.00. The summed E-state index contributed by atoms with van der Waals surface area (Å²) in [5.74, 6) is 0. The predicted octanol–water partition coefficient (Wildman–Crippen LogP) is 2.62. The molecule has 1 aromatic heterocycles. The summed E-state index contributed by atoms with van der Waals surface area (Å²) >= 11 is 0. The van der Waals surface area contributed by atoms with Crippen molar-refractivity contribution in [1.29, 1.82) is 0 Å². The van der Waals surface area contributed by atoms with Gasteiger partial charge in [-0.3, -0.25) is 0 Å². The molecule has 0 amide bonds. The monoisotopic (exact) mass is 122 g/mol. The van der Waals surface area contributed by atoms with E-state index in [9.17, 15) is 0 Å². The van der Waals surface area contributed by atoms with E-state index in [2.05, 4.69) is 0 Å². The largest absolute Gasteiger partial charge is 0.472 e. The molecule has 0 saturated carbocycles. The molecule has 0 aromatic carbocycles. The van der Waals surface area contributed by atoms with Gasteiger partial charge in [0, 0.05) is 5.56 Å². The highest BCUT2D eigenvalue weighted by Gasteiger charge is 1.92. The fraction of sp³-hybridized carbons (Fsp3) is 0.250. The van der Waals surface area contributed by atoms with Crippen LogP contribution in [0.15, 0.2) is 23.0 Å². The van der Waals surface area contributed by atoms with Crippen LogP contribution in [-0.4, -0.2) is 0 Å². The van der Waals surface area contributed by atoms with Crippen molar-refractivity contribution in [3.05, 3.63) is 29.7 Å². The molecule has 0 radical (unpaired) electrons. The lowest BCUT2D eigenvalue weighted by atomic mass is 10.2. The van der Waals surface area contributed by atoms with Crippen molar-refractivity contribution in [3.8, 4) is 0 Å². The van der Waals surface area contributed by atoms with E-state index in [1.807, 2.05) is 26.0 Å². The lowest BCUT2D eigenvalue weighted by Gasteiger charge is -1.82. The van der Waals surface area contributed by atoms with E-state index in [1.165, 1.54) is 5.56 Å². The fourth-order valence-electron chi connectivity index (χ4n) is 0.721. The van der Waals surface area contributed by atoms with Crippen LogP contribution in [0.4, 0.5) is 0 Å². The topological polar surface area (TPSA) is 13.1 Å². The van der Waals surface area contributed by atoms with Gasteiger partial charge in [-0.15, -0.1) is 0 Å². The number of hydrogen-bond acceptors (Lipinski definition) is 1. The maximum atomic E-state index is 4.95. The Hall–Kier alpha value is -0.980. The standard InChI is InChI=1S/C8H10O/c1-3-4-8-6-9-5-7(8)2/h3-6H,1-2H3. The van der Waals surface area contributed by atoms with Gasteiger partial charge in [0.05, 0.1) is 12.5 Å². The number of aryl methyl sites for hydroxylation is 1. The van der Waals surface area contributed by atoms with Crippen molar-refractivity contribution in [2.45, 2.75) is 13.8 Å². The normalized spacial score (nSPS) is 10.9. The minimum atomic E-state index is 1.16. The first-order valence-electron chi connectivity index (χ1n) is 3.00. The molecule has 0 unspecified atom stereocenters. The van der Waals surface area contributed by atoms with Gasteiger partial charge in [-0.1, -0.05) is 12.2 Å². The molecule has 1 aromatic rings. The summed E-state index contributed by atoms with van der Waals surface area (Å²) in [6.45, 7) is 4.02. The highest BCUT2D eigenvalue weighted by Crippen LogP contribution is 2.09. The molecule has 0 fully saturated rings. The van der Waals surface area contributed by atoms with Gasteiger partial charge in [0.25, 0.3) is 0 Å². The Balaban J connectivity index is 2.94. The smallest absolute Gasteiger partial charge is 0.0977 e. The van der Waals surface area contributed by atoms with Crippen LogP contribution in [-0.2, 0) is 0 Å². The molecule has 0 aliphatic carbocycles. The molecule has 48 valence electrons. The van der Waals surface area contributed by atoms with E-state index < -0.39 is 0 Å². The van der Waals surface area contributed by atoms with Crippen LogP contribution in [0.3, 0.4) is 0 Å². The molecule has 0 atom stereocenters. The quantitative estimate of drug-likeness (QED) is 0.558. The maximum absolute atomic E-state index is 4.95. The van der Waals surface area contributed by atoms with Crippen molar-refractivity contribution < 1.29 is 4.42 Å². The summed E-state index contributed by atoms with van der Waals surface area (Å²) in [4.78, 5) is 0. The van der Waals surface area contributed by atoms with Gasteiger partial charge in [0.15, 0.2) is 0 Å². The minimum absolute atomic E-state index is 1.16. The average Bonchev–Trinajstić information content (AvgIpc) is 2.18. The van der Waals surface area contributed by atoms with Crippen LogP contribution in [0.25, 0.3) is 6.08 Å². The lowest BCUT2D eigenvalue weighted by Crippen LogP contribution is -1.66. The van der Waals surface area contributed by atoms with Crippen LogP contribution >= 0.6 is 0 Å². The van der Waals surface area contributed by atoms with E-state index >= 15 is 0 Å². The van der Waals surface area contributed by atoms with E-state index in [0.29, 0.717) is 0 Å². The molecule has 0 spiro atoms. The van der Waals surface area contributed by atoms with Gasteiger partial charge in [0.1, 0.15) is 0 Å². The molecule has 0 aliphatic rings. The molecule has 0 bridgehead atoms. The first kappa shape index (κ1) is 6.14. The average molecular weight is 122 g/mol. The third-order valence-electron chi connectivity index (χ3n) is 1.24. The van der Waals surface area contributed by atoms with Crippen LogP contribution in [0, 0.1) is 6.92 Å². The van der Waals surface area contributed by atoms with E-state index in [4.69, 9.17) is 4.42 Å². The van der Waals surface area contributed by atoms with E-state index in [1.54, 1.807) is 12.5 Å². The van der Waals surface area contributed by atoms with E-state index in [0.717, 1.165) is 5.56 Å². The van der Waals surface area contributed by atoms with E-state index in [-0.39, 0.29) is 0 Å². The Morgan fingerprint density at radius 1 is 1.44 bits per heavy atom. The van der Waals surface area contributed by atoms with Crippen LogP contribution in [0.2, 0.25) is 0 Å². The van der Waals surface area contributed by atoms with Gasteiger partial charge in [-0.2, -0.15) is 0 Å². The second-order valence-corrected chi connectivity index (χ2v) is 2.01. The van der Waals surface area contributed by atoms with Crippen LogP contribution in [0.1, 0.15) is 18.1 Å². The van der Waals surface area contributed by atoms with Gasteiger partial charge in [-0.25, -0.2) is 0 Å². The van der Waals surface area contributed by atoms with Crippen molar-refractivity contribution >= 4 is 6.08 Å². The summed E-state index contributed by atoms with van der Waals surface area (Å²) in [6.07, 6.45) is 7.52. The van der Waals surface area contributed by atoms with Crippen molar-refractivity contribution in [1.82, 2.24) is 0 Å². The molecule has 1 rings (SSSR count). The highest BCUT2D eigenvalue weighted by molar-refractivity contribution is 5.50. The third kappa shape index (κ3) is 1.22. The van der Waals surface area contributed by atoms with Crippen molar-refractivity contribution in [3.63, 3.8) is 0 Å². The predicted molar refractivity (Wildman–Crippen MR) is 38.2 cm³/mol. The fourth-order valence-corrected chi connectivity index (χ4v) is 0.721. The Labute approximate surface area is 55.0 Å². The van der Waals surface area contributed by atoms with Crippen molar-refractivity contribution in [2.75, 3.05) is 0 Å². The molecule has 0 N–H and O–H groups in total. The molecular formula is C8H10O. The molecule has 1 heterocycles. The minimum Gasteiger partial charge on any atom is -0.472 e. The zero-order chi connectivity index (χ0) is 6.69. The first-order chi connectivity index (χ1) is 4.34. The molecule has 1 heteroatoms. The van der Waals surface area contributed by atoms with Gasteiger partial charge >= 0.3 is 0 Å². The Kier molecular flexibility index (Phi) is 1.73. The second-order valence-electron chi connectivity index (χ2n) is 2.01. The summed E-state index contributed by atoms with van der Waals surface area (Å²) in [6, 6.07) is 0. The second kappa shape index (κ2) is 2.53.